The van der Waals surface area contributed by atoms with Gasteiger partial charge in [0.05, 0.1) is 0 Å². The molecule has 0 spiro atoms. The van der Waals surface area contributed by atoms with E-state index in [-0.39, 0.29) is 0 Å². The molecule has 0 saturated carbocycles. The van der Waals surface area contributed by atoms with Crippen molar-refractivity contribution < 1.29 is 0 Å². The van der Waals surface area contributed by atoms with E-state index >= 15 is 0 Å². The van der Waals surface area contributed by atoms with Crippen molar-refractivity contribution in [2.75, 3.05) is 19.6 Å². The van der Waals surface area contributed by atoms with E-state index in [1.54, 1.807) is 0 Å². The van der Waals surface area contributed by atoms with Crippen LogP contribution in [0, 0.1) is 5.92 Å². The molecule has 180 valence electrons. The third-order valence-electron chi connectivity index (χ3n) is 7.85. The lowest BCUT2D eigenvalue weighted by molar-refractivity contribution is 0.207. The molecular weight excluding hydrogens is 414 g/mol. The molecule has 5 rings (SSSR count). The van der Waals surface area contributed by atoms with Crippen LogP contribution < -0.4 is 0 Å². The number of likely N-dealkylation sites (tertiary alicyclic amines) is 1. The Morgan fingerprint density at radius 3 is 1.97 bits per heavy atom. The fourth-order valence-electron chi connectivity index (χ4n) is 5.80. The van der Waals surface area contributed by atoms with E-state index in [0.717, 1.165) is 5.92 Å². The molecule has 1 aliphatic rings. The van der Waals surface area contributed by atoms with Gasteiger partial charge in [-0.05, 0) is 106 Å². The average Bonchev–Trinajstić information content (AvgIpc) is 3.49. The first kappa shape index (κ1) is 23.2. The number of unbranched alkanes of at least 4 members (excludes halogenated alkanes) is 2. The van der Waals surface area contributed by atoms with Gasteiger partial charge in [0.2, 0.25) is 0 Å². The van der Waals surface area contributed by atoms with Gasteiger partial charge in [0, 0.05) is 22.4 Å². The van der Waals surface area contributed by atoms with Gasteiger partial charge in [-0.15, -0.1) is 0 Å². The number of rotatable bonds is 12. The number of aromatic nitrogens is 2. The van der Waals surface area contributed by atoms with Gasteiger partial charge in [-0.25, -0.2) is 0 Å². The van der Waals surface area contributed by atoms with Crippen LogP contribution in [-0.4, -0.2) is 34.5 Å². The molecule has 3 heteroatoms. The molecule has 1 atom stereocenters. The number of piperidine rings is 1. The quantitative estimate of drug-likeness (QED) is 0.209. The summed E-state index contributed by atoms with van der Waals surface area (Å²) in [6.45, 7) is 3.94. The monoisotopic (exact) mass is 455 g/mol. The number of benzene rings is 2. The van der Waals surface area contributed by atoms with E-state index in [0.29, 0.717) is 0 Å². The number of H-pyrrole nitrogens is 2. The Kier molecular flexibility index (Phi) is 8.03. The summed E-state index contributed by atoms with van der Waals surface area (Å²) in [6, 6.07) is 22.0. The van der Waals surface area contributed by atoms with E-state index in [2.05, 4.69) is 75.5 Å². The van der Waals surface area contributed by atoms with Gasteiger partial charge in [0.1, 0.15) is 0 Å². The first-order valence-electron chi connectivity index (χ1n) is 13.7. The summed E-state index contributed by atoms with van der Waals surface area (Å²) >= 11 is 0. The van der Waals surface area contributed by atoms with E-state index in [1.165, 1.54) is 123 Å². The lowest BCUT2D eigenvalue weighted by Crippen LogP contribution is -2.31. The second-order valence-corrected chi connectivity index (χ2v) is 10.5. The Morgan fingerprint density at radius 2 is 1.29 bits per heavy atom. The summed E-state index contributed by atoms with van der Waals surface area (Å²) in [5.74, 6) is 0.835. The Bertz CT molecular complexity index is 1080. The van der Waals surface area contributed by atoms with Crippen molar-refractivity contribution in [3.8, 4) is 0 Å². The molecule has 2 aromatic heterocycles. The van der Waals surface area contributed by atoms with Crippen LogP contribution in [0.15, 0.2) is 60.7 Å². The van der Waals surface area contributed by atoms with Gasteiger partial charge in [-0.1, -0.05) is 62.1 Å². The van der Waals surface area contributed by atoms with Crippen molar-refractivity contribution >= 4 is 21.8 Å². The Hall–Kier alpha value is -2.52. The number of fused-ring (bicyclic) bond motifs is 2. The van der Waals surface area contributed by atoms with Gasteiger partial charge in [0.15, 0.2) is 0 Å². The molecule has 0 radical (unpaired) electrons. The van der Waals surface area contributed by atoms with Crippen LogP contribution in [0.25, 0.3) is 21.8 Å². The predicted octanol–water partition coefficient (Wildman–Crippen LogP) is 7.88. The molecule has 1 fully saturated rings. The summed E-state index contributed by atoms with van der Waals surface area (Å²) in [6.07, 6.45) is 14.6. The zero-order valence-corrected chi connectivity index (χ0v) is 20.7. The largest absolute Gasteiger partial charge is 0.358 e. The third kappa shape index (κ3) is 6.33. The molecule has 4 aromatic rings. The standard InChI is InChI=1S/C31H41N3/c1(4-14-28-23-26-12-5-7-15-30(26)32-28)3-11-25(19-22-34-20-9-2-10-21-34)17-18-29-24-27-13-6-8-16-31(27)33-29/h5-8,12-13,15-16,23-25,32-33H,1-4,9-11,14,17-22H2. The van der Waals surface area contributed by atoms with Crippen molar-refractivity contribution in [2.45, 2.75) is 70.6 Å². The van der Waals surface area contributed by atoms with Crippen LogP contribution in [0.3, 0.4) is 0 Å². The van der Waals surface area contributed by atoms with Gasteiger partial charge >= 0.3 is 0 Å². The summed E-state index contributed by atoms with van der Waals surface area (Å²) in [5, 5.41) is 2.69. The maximum absolute atomic E-state index is 3.65. The number of nitrogens with zero attached hydrogens (tertiary/aromatic N) is 1. The topological polar surface area (TPSA) is 34.8 Å². The zero-order chi connectivity index (χ0) is 23.0. The Labute approximate surface area is 204 Å². The minimum absolute atomic E-state index is 0.835. The molecule has 3 nitrogen and oxygen atoms in total. The molecular formula is C31H41N3. The predicted molar refractivity (Wildman–Crippen MR) is 145 cm³/mol. The molecule has 3 heterocycles. The molecule has 0 aliphatic carbocycles. The smallest absolute Gasteiger partial charge is 0.0456 e. The Balaban J connectivity index is 1.10. The zero-order valence-electron chi connectivity index (χ0n) is 20.7. The van der Waals surface area contributed by atoms with Crippen LogP contribution in [-0.2, 0) is 12.8 Å². The van der Waals surface area contributed by atoms with Crippen molar-refractivity contribution in [3.63, 3.8) is 0 Å². The van der Waals surface area contributed by atoms with Crippen LogP contribution in [0.4, 0.5) is 0 Å². The van der Waals surface area contributed by atoms with Gasteiger partial charge in [-0.2, -0.15) is 0 Å². The maximum Gasteiger partial charge on any atom is 0.0456 e. The summed E-state index contributed by atoms with van der Waals surface area (Å²) < 4.78 is 0. The fraction of sp³-hybridized carbons (Fsp3) is 0.484. The average molecular weight is 456 g/mol. The van der Waals surface area contributed by atoms with Crippen LogP contribution in [0.1, 0.15) is 69.2 Å². The van der Waals surface area contributed by atoms with Crippen molar-refractivity contribution in [2.24, 2.45) is 5.92 Å². The highest BCUT2D eigenvalue weighted by atomic mass is 15.1. The van der Waals surface area contributed by atoms with Gasteiger partial charge < -0.3 is 14.9 Å². The summed E-state index contributed by atoms with van der Waals surface area (Å²) in [5.41, 5.74) is 5.34. The first-order valence-corrected chi connectivity index (χ1v) is 13.7. The van der Waals surface area contributed by atoms with Crippen molar-refractivity contribution in [1.29, 1.82) is 0 Å². The number of aromatic amines is 2. The van der Waals surface area contributed by atoms with E-state index < -0.39 is 0 Å². The lowest BCUT2D eigenvalue weighted by Gasteiger charge is -2.28. The molecule has 2 aromatic carbocycles. The molecule has 0 bridgehead atoms. The normalized spacial score (nSPS) is 15.9. The number of hydrogen-bond donors (Lipinski definition) is 2. The number of nitrogens with one attached hydrogen (secondary N) is 2. The Morgan fingerprint density at radius 1 is 0.647 bits per heavy atom. The van der Waals surface area contributed by atoms with Gasteiger partial charge in [0.25, 0.3) is 0 Å². The van der Waals surface area contributed by atoms with Crippen LogP contribution >= 0.6 is 0 Å². The molecule has 1 saturated heterocycles. The lowest BCUT2D eigenvalue weighted by atomic mass is 9.91. The first-order chi connectivity index (χ1) is 16.8. The fourth-order valence-corrected chi connectivity index (χ4v) is 5.80. The number of para-hydroxylation sites is 2. The highest BCUT2D eigenvalue weighted by Crippen LogP contribution is 2.24. The van der Waals surface area contributed by atoms with Crippen LogP contribution in [0.2, 0.25) is 0 Å². The van der Waals surface area contributed by atoms with Crippen molar-refractivity contribution in [3.05, 3.63) is 72.1 Å². The minimum Gasteiger partial charge on any atom is -0.358 e. The second kappa shape index (κ2) is 11.8. The number of hydrogen-bond acceptors (Lipinski definition) is 1. The minimum atomic E-state index is 0.835. The van der Waals surface area contributed by atoms with E-state index in [4.69, 9.17) is 0 Å². The molecule has 34 heavy (non-hydrogen) atoms. The highest BCUT2D eigenvalue weighted by molar-refractivity contribution is 5.80. The SMILES string of the molecule is c1ccc2[nH]c(CCCCCC(CCc3cc4ccccc4[nH]3)CCN3CCCCC3)cc2c1. The summed E-state index contributed by atoms with van der Waals surface area (Å²) in [7, 11) is 0. The van der Waals surface area contributed by atoms with E-state index in [9.17, 15) is 0 Å². The molecule has 0 amide bonds. The number of aryl methyl sites for hydroxylation is 2. The third-order valence-corrected chi connectivity index (χ3v) is 7.85. The second-order valence-electron chi connectivity index (χ2n) is 10.5. The van der Waals surface area contributed by atoms with Crippen LogP contribution in [0.5, 0.6) is 0 Å². The van der Waals surface area contributed by atoms with E-state index in [1.807, 2.05) is 0 Å². The van der Waals surface area contributed by atoms with Crippen molar-refractivity contribution in [1.82, 2.24) is 14.9 Å². The summed E-state index contributed by atoms with van der Waals surface area (Å²) in [4.78, 5) is 9.96. The molecule has 2 N–H and O–H groups in total. The molecule has 1 unspecified atom stereocenters. The molecule has 1 aliphatic heterocycles. The van der Waals surface area contributed by atoms with Gasteiger partial charge in [-0.3, -0.25) is 0 Å². The highest BCUT2D eigenvalue weighted by Gasteiger charge is 2.15. The maximum atomic E-state index is 3.65.